The zero-order valence-corrected chi connectivity index (χ0v) is 12.2. The van der Waals surface area contributed by atoms with Crippen LogP contribution in [0.15, 0.2) is 0 Å². The Bertz CT molecular complexity index is 396. The number of carbonyl (C=O) groups excluding carboxylic acids is 1. The van der Waals surface area contributed by atoms with Crippen molar-refractivity contribution in [2.45, 2.75) is 52.1 Å². The predicted octanol–water partition coefficient (Wildman–Crippen LogP) is 1.29. The highest BCUT2D eigenvalue weighted by molar-refractivity contribution is 5.80. The van der Waals surface area contributed by atoms with Gasteiger partial charge in [0.25, 0.3) is 0 Å². The summed E-state index contributed by atoms with van der Waals surface area (Å²) in [6, 6.07) is 0.168. The van der Waals surface area contributed by atoms with Gasteiger partial charge in [-0.25, -0.2) is 0 Å². The van der Waals surface area contributed by atoms with Crippen molar-refractivity contribution in [1.29, 1.82) is 0 Å². The molecule has 3 fully saturated rings. The second-order valence-corrected chi connectivity index (χ2v) is 7.48. The van der Waals surface area contributed by atoms with Gasteiger partial charge in [-0.3, -0.25) is 4.79 Å². The lowest BCUT2D eigenvalue weighted by molar-refractivity contribution is -0.127. The number of rotatable bonds is 2. The van der Waals surface area contributed by atoms with Gasteiger partial charge in [0.05, 0.1) is 19.1 Å². The van der Waals surface area contributed by atoms with Crippen LogP contribution in [0.4, 0.5) is 0 Å². The number of hydrogen-bond acceptors (Lipinski definition) is 3. The van der Waals surface area contributed by atoms with Crippen LogP contribution in [0.1, 0.15) is 40.0 Å². The maximum Gasteiger partial charge on any atom is 0.227 e. The van der Waals surface area contributed by atoms with E-state index in [9.17, 15) is 4.79 Å². The molecule has 0 aromatic heterocycles. The minimum absolute atomic E-state index is 0.0968. The summed E-state index contributed by atoms with van der Waals surface area (Å²) < 4.78 is 5.30. The van der Waals surface area contributed by atoms with Gasteiger partial charge < -0.3 is 15.8 Å². The molecule has 1 amide bonds. The fraction of sp³-hybridized carbons (Fsp3) is 0.933. The van der Waals surface area contributed by atoms with Gasteiger partial charge in [-0.05, 0) is 36.0 Å². The molecule has 0 radical (unpaired) electrons. The maximum absolute atomic E-state index is 12.4. The molecule has 3 N–H and O–H groups in total. The Kier molecular flexibility index (Phi) is 2.95. The van der Waals surface area contributed by atoms with E-state index in [1.165, 1.54) is 12.8 Å². The van der Waals surface area contributed by atoms with E-state index in [0.29, 0.717) is 24.7 Å². The van der Waals surface area contributed by atoms with Crippen molar-refractivity contribution in [2.24, 2.45) is 28.4 Å². The van der Waals surface area contributed by atoms with Crippen molar-refractivity contribution >= 4 is 5.91 Å². The van der Waals surface area contributed by atoms with Crippen molar-refractivity contribution in [2.75, 3.05) is 13.2 Å². The average molecular weight is 266 g/mol. The molecule has 3 rings (SSSR count). The van der Waals surface area contributed by atoms with Crippen LogP contribution in [-0.2, 0) is 9.53 Å². The summed E-state index contributed by atoms with van der Waals surface area (Å²) in [6.45, 7) is 8.05. The highest BCUT2D eigenvalue weighted by Crippen LogP contribution is 2.65. The zero-order chi connectivity index (χ0) is 13.8. The first-order valence-corrected chi connectivity index (χ1v) is 7.50. The fourth-order valence-electron chi connectivity index (χ4n) is 4.54. The van der Waals surface area contributed by atoms with Gasteiger partial charge in [-0.15, -0.1) is 0 Å². The summed E-state index contributed by atoms with van der Waals surface area (Å²) >= 11 is 0. The molecule has 1 aliphatic heterocycles. The summed E-state index contributed by atoms with van der Waals surface area (Å²) in [5.41, 5.74) is 6.50. The lowest BCUT2D eigenvalue weighted by Gasteiger charge is -2.39. The Hall–Kier alpha value is -0.610. The first-order chi connectivity index (χ1) is 8.86. The van der Waals surface area contributed by atoms with Crippen LogP contribution in [0.5, 0.6) is 0 Å². The van der Waals surface area contributed by atoms with Crippen LogP contribution in [0, 0.1) is 22.7 Å². The van der Waals surface area contributed by atoms with E-state index in [1.54, 1.807) is 0 Å². The molecule has 0 spiro atoms. The van der Waals surface area contributed by atoms with E-state index in [-0.39, 0.29) is 23.3 Å². The molecule has 4 heteroatoms. The lowest BCUT2D eigenvalue weighted by atomic mass is 9.69. The van der Waals surface area contributed by atoms with Gasteiger partial charge >= 0.3 is 0 Å². The van der Waals surface area contributed by atoms with Crippen LogP contribution >= 0.6 is 0 Å². The van der Waals surface area contributed by atoms with E-state index >= 15 is 0 Å². The van der Waals surface area contributed by atoms with Crippen LogP contribution in [0.2, 0.25) is 0 Å². The van der Waals surface area contributed by atoms with Crippen molar-refractivity contribution < 1.29 is 9.53 Å². The second-order valence-electron chi connectivity index (χ2n) is 7.48. The number of nitrogens with one attached hydrogen (secondary N) is 1. The Balaban J connectivity index is 1.70. The van der Waals surface area contributed by atoms with E-state index in [4.69, 9.17) is 10.5 Å². The number of amides is 1. The molecule has 4 nitrogen and oxygen atoms in total. The van der Waals surface area contributed by atoms with E-state index < -0.39 is 0 Å². The van der Waals surface area contributed by atoms with Gasteiger partial charge in [0.2, 0.25) is 5.91 Å². The molecule has 5 unspecified atom stereocenters. The highest BCUT2D eigenvalue weighted by atomic mass is 16.5. The fourth-order valence-corrected chi connectivity index (χ4v) is 4.54. The average Bonchev–Trinajstić information content (AvgIpc) is 2.90. The molecule has 3 aliphatic rings. The molecule has 2 saturated carbocycles. The first kappa shape index (κ1) is 13.4. The quantitative estimate of drug-likeness (QED) is 0.791. The summed E-state index contributed by atoms with van der Waals surface area (Å²) in [6.07, 6.45) is 3.66. The van der Waals surface area contributed by atoms with Crippen molar-refractivity contribution in [3.63, 3.8) is 0 Å². The van der Waals surface area contributed by atoms with E-state index in [1.807, 2.05) is 0 Å². The van der Waals surface area contributed by atoms with Gasteiger partial charge in [0.15, 0.2) is 0 Å². The molecular formula is C15H26N2O2. The number of nitrogens with two attached hydrogens (primary N) is 1. The van der Waals surface area contributed by atoms with Crippen molar-refractivity contribution in [1.82, 2.24) is 5.32 Å². The maximum atomic E-state index is 12.4. The summed E-state index contributed by atoms with van der Waals surface area (Å²) in [7, 11) is 0. The van der Waals surface area contributed by atoms with Crippen molar-refractivity contribution in [3.8, 4) is 0 Å². The summed E-state index contributed by atoms with van der Waals surface area (Å²) in [5.74, 6) is 0.682. The summed E-state index contributed by atoms with van der Waals surface area (Å²) in [4.78, 5) is 12.4. The predicted molar refractivity (Wildman–Crippen MR) is 73.4 cm³/mol. The number of carbonyl (C=O) groups is 1. The van der Waals surface area contributed by atoms with Crippen LogP contribution < -0.4 is 11.1 Å². The topological polar surface area (TPSA) is 64.3 Å². The third-order valence-electron chi connectivity index (χ3n) is 6.57. The molecule has 108 valence electrons. The number of ether oxygens (including phenoxy) is 1. The largest absolute Gasteiger partial charge is 0.379 e. The number of hydrogen-bond donors (Lipinski definition) is 2. The standard InChI is InChI=1S/C15H26N2O2/c1-14(2)9-4-5-15(14,3)12(6-9)17-13(18)10-7-19-8-11(10)16/h9-12H,4-8,16H2,1-3H3,(H,17,18). The van der Waals surface area contributed by atoms with Gasteiger partial charge in [0, 0.05) is 12.1 Å². The van der Waals surface area contributed by atoms with Gasteiger partial charge in [-0.1, -0.05) is 20.8 Å². The normalized spacial score (nSPS) is 47.6. The molecule has 2 bridgehead atoms. The Morgan fingerprint density at radius 3 is 2.53 bits per heavy atom. The minimum atomic E-state index is -0.161. The van der Waals surface area contributed by atoms with Crippen LogP contribution in [-0.4, -0.2) is 31.2 Å². The van der Waals surface area contributed by atoms with Crippen LogP contribution in [0.25, 0.3) is 0 Å². The van der Waals surface area contributed by atoms with Gasteiger partial charge in [-0.2, -0.15) is 0 Å². The van der Waals surface area contributed by atoms with E-state index in [0.717, 1.165) is 12.3 Å². The zero-order valence-electron chi connectivity index (χ0n) is 12.2. The number of fused-ring (bicyclic) bond motifs is 2. The molecule has 0 aromatic rings. The Morgan fingerprint density at radius 2 is 2.05 bits per heavy atom. The monoisotopic (exact) mass is 266 g/mol. The summed E-state index contributed by atoms with van der Waals surface area (Å²) in [5, 5.41) is 3.28. The smallest absolute Gasteiger partial charge is 0.227 e. The van der Waals surface area contributed by atoms with Crippen molar-refractivity contribution in [3.05, 3.63) is 0 Å². The molecule has 5 atom stereocenters. The molecule has 2 aliphatic carbocycles. The van der Waals surface area contributed by atoms with Gasteiger partial charge in [0.1, 0.15) is 0 Å². The van der Waals surface area contributed by atoms with Crippen LogP contribution in [0.3, 0.4) is 0 Å². The second kappa shape index (κ2) is 4.19. The highest BCUT2D eigenvalue weighted by Gasteiger charge is 2.61. The third-order valence-corrected chi connectivity index (χ3v) is 6.57. The lowest BCUT2D eigenvalue weighted by Crippen LogP contribution is -2.51. The van der Waals surface area contributed by atoms with E-state index in [2.05, 4.69) is 26.1 Å². The molecule has 19 heavy (non-hydrogen) atoms. The molecule has 1 heterocycles. The molecule has 1 saturated heterocycles. The first-order valence-electron chi connectivity index (χ1n) is 7.50. The minimum Gasteiger partial charge on any atom is -0.379 e. The molecule has 0 aromatic carbocycles. The Morgan fingerprint density at radius 1 is 1.32 bits per heavy atom. The SMILES string of the molecule is CC1(C)C2CCC1(C)C(NC(=O)C1COCC1N)C2. The Labute approximate surface area is 115 Å². The third kappa shape index (κ3) is 1.76. The molecular weight excluding hydrogens is 240 g/mol.